The molecular formula is C13H13N3O2S. The predicted molar refractivity (Wildman–Crippen MR) is 72.7 cm³/mol. The Labute approximate surface area is 114 Å². The highest BCUT2D eigenvalue weighted by molar-refractivity contribution is 7.07. The lowest BCUT2D eigenvalue weighted by Gasteiger charge is -2.05. The molecule has 0 atom stereocenters. The van der Waals surface area contributed by atoms with Crippen LogP contribution in [0.1, 0.15) is 16.1 Å². The van der Waals surface area contributed by atoms with Gasteiger partial charge in [0.25, 0.3) is 5.91 Å². The quantitative estimate of drug-likeness (QED) is 0.861. The number of carbonyl (C=O) groups excluding carboxylic acids is 2. The zero-order valence-electron chi connectivity index (χ0n) is 10.1. The number of carbonyl (C=O) groups is 2. The molecule has 19 heavy (non-hydrogen) atoms. The number of aromatic nitrogens is 1. The fourth-order valence-electron chi connectivity index (χ4n) is 1.43. The third-order valence-electron chi connectivity index (χ3n) is 2.40. The molecule has 0 fully saturated rings. The van der Waals surface area contributed by atoms with Crippen LogP contribution in [0.25, 0.3) is 0 Å². The standard InChI is InChI=1S/C13H13N3O2S/c17-12(14-6-11-8-19-9-16-11)7-15-13(18)10-4-2-1-3-5-10/h1-5,8-9H,6-7H2,(H,14,17)(H,15,18). The van der Waals surface area contributed by atoms with E-state index in [1.54, 1.807) is 29.8 Å². The van der Waals surface area contributed by atoms with Crippen molar-refractivity contribution in [3.8, 4) is 0 Å². The number of nitrogens with zero attached hydrogens (tertiary/aromatic N) is 1. The highest BCUT2D eigenvalue weighted by Gasteiger charge is 2.07. The van der Waals surface area contributed by atoms with Crippen LogP contribution in [-0.4, -0.2) is 23.3 Å². The third kappa shape index (κ3) is 4.18. The van der Waals surface area contributed by atoms with Crippen LogP contribution < -0.4 is 10.6 Å². The lowest BCUT2D eigenvalue weighted by molar-refractivity contribution is -0.120. The van der Waals surface area contributed by atoms with E-state index in [1.807, 2.05) is 11.4 Å². The fraction of sp³-hybridized carbons (Fsp3) is 0.154. The second-order valence-electron chi connectivity index (χ2n) is 3.81. The van der Waals surface area contributed by atoms with Crippen molar-refractivity contribution in [2.75, 3.05) is 6.54 Å². The van der Waals surface area contributed by atoms with E-state index in [-0.39, 0.29) is 18.4 Å². The van der Waals surface area contributed by atoms with Crippen molar-refractivity contribution >= 4 is 23.2 Å². The molecule has 2 amide bonds. The Morgan fingerprint density at radius 2 is 1.95 bits per heavy atom. The Morgan fingerprint density at radius 3 is 2.63 bits per heavy atom. The summed E-state index contributed by atoms with van der Waals surface area (Å²) in [6, 6.07) is 8.77. The van der Waals surface area contributed by atoms with Crippen LogP contribution in [0.5, 0.6) is 0 Å². The largest absolute Gasteiger partial charge is 0.349 e. The topological polar surface area (TPSA) is 71.1 Å². The van der Waals surface area contributed by atoms with Crippen LogP contribution in [0, 0.1) is 0 Å². The molecule has 1 aromatic heterocycles. The molecule has 0 radical (unpaired) electrons. The molecule has 0 aliphatic rings. The van der Waals surface area contributed by atoms with Crippen LogP contribution in [0.4, 0.5) is 0 Å². The molecular weight excluding hydrogens is 262 g/mol. The number of amides is 2. The maximum Gasteiger partial charge on any atom is 0.251 e. The fourth-order valence-corrected chi connectivity index (χ4v) is 1.99. The summed E-state index contributed by atoms with van der Waals surface area (Å²) >= 11 is 1.47. The first kappa shape index (κ1) is 13.2. The molecule has 0 bridgehead atoms. The van der Waals surface area contributed by atoms with Crippen LogP contribution in [0.15, 0.2) is 41.2 Å². The molecule has 0 saturated heterocycles. The molecule has 2 N–H and O–H groups in total. The number of hydrogen-bond acceptors (Lipinski definition) is 4. The zero-order chi connectivity index (χ0) is 13.5. The van der Waals surface area contributed by atoms with E-state index in [4.69, 9.17) is 0 Å². The summed E-state index contributed by atoms with van der Waals surface area (Å²) in [4.78, 5) is 27.3. The van der Waals surface area contributed by atoms with Crippen LogP contribution in [0.3, 0.4) is 0 Å². The van der Waals surface area contributed by atoms with Gasteiger partial charge >= 0.3 is 0 Å². The summed E-state index contributed by atoms with van der Waals surface area (Å²) < 4.78 is 0. The van der Waals surface area contributed by atoms with Crippen molar-refractivity contribution in [1.29, 1.82) is 0 Å². The van der Waals surface area contributed by atoms with Gasteiger partial charge in [-0.05, 0) is 12.1 Å². The molecule has 6 heteroatoms. The van der Waals surface area contributed by atoms with E-state index in [2.05, 4.69) is 15.6 Å². The minimum atomic E-state index is -0.260. The maximum atomic E-state index is 11.7. The second-order valence-corrected chi connectivity index (χ2v) is 4.52. The highest BCUT2D eigenvalue weighted by Crippen LogP contribution is 1.99. The lowest BCUT2D eigenvalue weighted by atomic mass is 10.2. The van der Waals surface area contributed by atoms with E-state index in [9.17, 15) is 9.59 Å². The highest BCUT2D eigenvalue weighted by atomic mass is 32.1. The van der Waals surface area contributed by atoms with Gasteiger partial charge in [0, 0.05) is 10.9 Å². The first-order chi connectivity index (χ1) is 9.25. The van der Waals surface area contributed by atoms with Crippen molar-refractivity contribution in [2.45, 2.75) is 6.54 Å². The molecule has 2 rings (SSSR count). The summed E-state index contributed by atoms with van der Waals surface area (Å²) in [5.74, 6) is -0.498. The molecule has 0 saturated carbocycles. The third-order valence-corrected chi connectivity index (χ3v) is 3.03. The molecule has 0 spiro atoms. The second kappa shape index (κ2) is 6.65. The Kier molecular flexibility index (Phi) is 4.63. The average Bonchev–Trinajstić information content (AvgIpc) is 2.96. The SMILES string of the molecule is O=C(CNC(=O)c1ccccc1)NCc1cscn1. The molecule has 2 aromatic rings. The first-order valence-corrected chi connectivity index (χ1v) is 6.67. The van der Waals surface area contributed by atoms with Crippen molar-refractivity contribution < 1.29 is 9.59 Å². The Morgan fingerprint density at radius 1 is 1.16 bits per heavy atom. The minimum absolute atomic E-state index is 0.0438. The van der Waals surface area contributed by atoms with Gasteiger partial charge in [0.15, 0.2) is 0 Å². The summed E-state index contributed by atoms with van der Waals surface area (Å²) in [5, 5.41) is 7.11. The van der Waals surface area contributed by atoms with Gasteiger partial charge < -0.3 is 10.6 Å². The average molecular weight is 275 g/mol. The minimum Gasteiger partial charge on any atom is -0.349 e. The molecule has 0 aliphatic carbocycles. The van der Waals surface area contributed by atoms with Gasteiger partial charge in [0.1, 0.15) is 0 Å². The van der Waals surface area contributed by atoms with Crippen LogP contribution in [-0.2, 0) is 11.3 Å². The summed E-state index contributed by atoms with van der Waals surface area (Å²) in [6.07, 6.45) is 0. The van der Waals surface area contributed by atoms with Gasteiger partial charge in [-0.1, -0.05) is 18.2 Å². The predicted octanol–water partition coefficient (Wildman–Crippen LogP) is 1.19. The molecule has 5 nitrogen and oxygen atoms in total. The van der Waals surface area contributed by atoms with E-state index in [0.717, 1.165) is 5.69 Å². The van der Waals surface area contributed by atoms with Gasteiger partial charge in [0.05, 0.1) is 24.3 Å². The van der Waals surface area contributed by atoms with E-state index < -0.39 is 0 Å². The maximum absolute atomic E-state index is 11.7. The Bertz CT molecular complexity index is 540. The van der Waals surface area contributed by atoms with Crippen molar-refractivity contribution in [1.82, 2.24) is 15.6 Å². The van der Waals surface area contributed by atoms with Crippen molar-refractivity contribution in [3.05, 3.63) is 52.5 Å². The molecule has 0 aliphatic heterocycles. The lowest BCUT2D eigenvalue weighted by Crippen LogP contribution is -2.36. The van der Waals surface area contributed by atoms with Crippen LogP contribution in [0.2, 0.25) is 0 Å². The zero-order valence-corrected chi connectivity index (χ0v) is 10.9. The van der Waals surface area contributed by atoms with Gasteiger partial charge in [-0.3, -0.25) is 9.59 Å². The summed E-state index contributed by atoms with van der Waals surface area (Å²) in [5.41, 5.74) is 3.06. The summed E-state index contributed by atoms with van der Waals surface area (Å²) in [6.45, 7) is 0.335. The van der Waals surface area contributed by atoms with Crippen molar-refractivity contribution in [3.63, 3.8) is 0 Å². The number of nitrogens with one attached hydrogen (secondary N) is 2. The van der Waals surface area contributed by atoms with Gasteiger partial charge in [-0.2, -0.15) is 0 Å². The molecule has 1 heterocycles. The van der Waals surface area contributed by atoms with Crippen molar-refractivity contribution in [2.24, 2.45) is 0 Å². The van der Waals surface area contributed by atoms with E-state index in [0.29, 0.717) is 12.1 Å². The smallest absolute Gasteiger partial charge is 0.251 e. The number of thiazole rings is 1. The number of rotatable bonds is 5. The Balaban J connectivity index is 1.73. The summed E-state index contributed by atoms with van der Waals surface area (Å²) in [7, 11) is 0. The number of benzene rings is 1. The Hall–Kier alpha value is -2.21. The van der Waals surface area contributed by atoms with Gasteiger partial charge in [-0.25, -0.2) is 4.98 Å². The molecule has 98 valence electrons. The van der Waals surface area contributed by atoms with Gasteiger partial charge in [-0.15, -0.1) is 11.3 Å². The van der Waals surface area contributed by atoms with Gasteiger partial charge in [0.2, 0.25) is 5.91 Å². The normalized spacial score (nSPS) is 9.89. The number of hydrogen-bond donors (Lipinski definition) is 2. The monoisotopic (exact) mass is 275 g/mol. The molecule has 0 unspecified atom stereocenters. The first-order valence-electron chi connectivity index (χ1n) is 5.73. The van der Waals surface area contributed by atoms with E-state index >= 15 is 0 Å². The van der Waals surface area contributed by atoms with E-state index in [1.165, 1.54) is 11.3 Å². The molecule has 1 aromatic carbocycles. The van der Waals surface area contributed by atoms with Crippen LogP contribution >= 0.6 is 11.3 Å².